The average molecular weight is 670 g/mol. The molecule has 0 amide bonds. The Hall–Kier alpha value is -5.58. The van der Waals surface area contributed by atoms with Gasteiger partial charge in [-0.15, -0.1) is 0 Å². The van der Waals surface area contributed by atoms with Gasteiger partial charge in [-0.25, -0.2) is 0 Å². The van der Waals surface area contributed by atoms with Crippen molar-refractivity contribution < 1.29 is 4.42 Å². The molecule has 0 fully saturated rings. The van der Waals surface area contributed by atoms with Crippen LogP contribution in [0.4, 0.5) is 11.4 Å². The molecule has 4 heteroatoms. The molecule has 0 N–H and O–H groups in total. The molecule has 0 atom stereocenters. The van der Waals surface area contributed by atoms with E-state index in [0.717, 1.165) is 61.2 Å². The number of allylic oxidation sites excluding steroid dienone is 4. The van der Waals surface area contributed by atoms with E-state index in [2.05, 4.69) is 172 Å². The van der Waals surface area contributed by atoms with Crippen LogP contribution in [0.1, 0.15) is 5.56 Å². The second-order valence-corrected chi connectivity index (χ2v) is 12.8. The highest BCUT2D eigenvalue weighted by atomic mass is 79.9. The monoisotopic (exact) mass is 668 g/mol. The van der Waals surface area contributed by atoms with Crippen LogP contribution in [0.5, 0.6) is 0 Å². The SMILES string of the molecule is C=C1/C=C\C=C/Cc2ccccc2N1c1ccc(-n2c3ccccc3c3cc(-c4ccc5oc6cccc(Br)c6c5c4)ccc32)cc1. The Morgan fingerprint density at radius 1 is 0.617 bits per heavy atom. The van der Waals surface area contributed by atoms with Gasteiger partial charge in [0.1, 0.15) is 11.2 Å². The van der Waals surface area contributed by atoms with Crippen LogP contribution in [0.2, 0.25) is 0 Å². The lowest BCUT2D eigenvalue weighted by atomic mass is 10.0. The van der Waals surface area contributed by atoms with Crippen LogP contribution in [0.25, 0.3) is 60.6 Å². The molecule has 47 heavy (non-hydrogen) atoms. The van der Waals surface area contributed by atoms with Crippen LogP contribution in [0.3, 0.4) is 0 Å². The third kappa shape index (κ3) is 4.56. The molecule has 0 aliphatic carbocycles. The highest BCUT2D eigenvalue weighted by molar-refractivity contribution is 9.10. The Labute approximate surface area is 281 Å². The first-order chi connectivity index (χ1) is 23.1. The molecule has 1 aliphatic rings. The fourth-order valence-corrected chi connectivity index (χ4v) is 7.58. The predicted molar refractivity (Wildman–Crippen MR) is 201 cm³/mol. The van der Waals surface area contributed by atoms with Gasteiger partial charge in [0.15, 0.2) is 0 Å². The molecule has 0 spiro atoms. The largest absolute Gasteiger partial charge is 0.456 e. The maximum atomic E-state index is 6.14. The topological polar surface area (TPSA) is 21.3 Å². The molecule has 0 unspecified atom stereocenters. The third-order valence-electron chi connectivity index (χ3n) is 9.21. The van der Waals surface area contributed by atoms with Crippen molar-refractivity contribution in [1.29, 1.82) is 0 Å². The van der Waals surface area contributed by atoms with E-state index >= 15 is 0 Å². The molecular formula is C43H29BrN2O. The van der Waals surface area contributed by atoms with Crippen molar-refractivity contribution in [1.82, 2.24) is 4.57 Å². The molecule has 3 nitrogen and oxygen atoms in total. The molecule has 1 aliphatic heterocycles. The first-order valence-electron chi connectivity index (χ1n) is 15.8. The molecule has 224 valence electrons. The fourth-order valence-electron chi connectivity index (χ4n) is 7.02. The van der Waals surface area contributed by atoms with Gasteiger partial charge in [0, 0.05) is 48.8 Å². The number of anilines is 2. The molecule has 0 saturated heterocycles. The minimum atomic E-state index is 0.871. The Morgan fingerprint density at radius 2 is 1.36 bits per heavy atom. The van der Waals surface area contributed by atoms with Crippen molar-refractivity contribution in [2.24, 2.45) is 0 Å². The number of fused-ring (bicyclic) bond motifs is 7. The normalized spacial score (nSPS) is 14.7. The van der Waals surface area contributed by atoms with Crippen molar-refractivity contribution in [3.05, 3.63) is 174 Å². The van der Waals surface area contributed by atoms with Crippen LogP contribution < -0.4 is 4.90 Å². The number of hydrogen-bond donors (Lipinski definition) is 0. The average Bonchev–Trinajstić information content (AvgIpc) is 3.66. The molecule has 0 saturated carbocycles. The van der Waals surface area contributed by atoms with Crippen molar-refractivity contribution in [2.75, 3.05) is 4.90 Å². The molecule has 9 rings (SSSR count). The predicted octanol–water partition coefficient (Wildman–Crippen LogP) is 12.4. The summed E-state index contributed by atoms with van der Waals surface area (Å²) in [7, 11) is 0. The maximum Gasteiger partial charge on any atom is 0.136 e. The van der Waals surface area contributed by atoms with Crippen molar-refractivity contribution in [2.45, 2.75) is 6.42 Å². The standard InChI is InChI=1S/C43H29BrN2O/c1-28-10-3-2-4-11-29-12-5-7-15-38(29)45(28)32-20-22-33(23-21-32)46-39-16-8-6-13-34(39)35-26-30(18-24-40(35)46)31-19-25-41-36(27-31)43-37(44)14-9-17-42(43)47-41/h2-10,12-27H,1,11H2/b4-2-,10-3-. The highest BCUT2D eigenvalue weighted by Gasteiger charge is 2.18. The van der Waals surface area contributed by atoms with E-state index in [-0.39, 0.29) is 0 Å². The first-order valence-corrected chi connectivity index (χ1v) is 16.6. The van der Waals surface area contributed by atoms with E-state index in [1.807, 2.05) is 12.1 Å². The summed E-state index contributed by atoms with van der Waals surface area (Å²) >= 11 is 3.73. The van der Waals surface area contributed by atoms with E-state index < -0.39 is 0 Å². The van der Waals surface area contributed by atoms with Gasteiger partial charge in [-0.1, -0.05) is 95.3 Å². The summed E-state index contributed by atoms with van der Waals surface area (Å²) in [5.41, 5.74) is 12.0. The number of benzene rings is 6. The lowest BCUT2D eigenvalue weighted by Gasteiger charge is -2.27. The maximum absolute atomic E-state index is 6.14. The molecule has 6 aromatic carbocycles. The van der Waals surface area contributed by atoms with E-state index in [4.69, 9.17) is 4.42 Å². The zero-order chi connectivity index (χ0) is 31.5. The Bertz CT molecular complexity index is 2580. The van der Waals surface area contributed by atoms with Gasteiger partial charge in [0.25, 0.3) is 0 Å². The zero-order valence-corrected chi connectivity index (χ0v) is 27.1. The first kappa shape index (κ1) is 27.7. The van der Waals surface area contributed by atoms with Gasteiger partial charge < -0.3 is 13.9 Å². The lowest BCUT2D eigenvalue weighted by Crippen LogP contribution is -2.16. The molecule has 0 radical (unpaired) electrons. The number of halogens is 1. The summed E-state index contributed by atoms with van der Waals surface area (Å²) in [6, 6.07) is 45.5. The van der Waals surface area contributed by atoms with Gasteiger partial charge >= 0.3 is 0 Å². The van der Waals surface area contributed by atoms with Gasteiger partial charge in [-0.3, -0.25) is 0 Å². The number of para-hydroxylation sites is 2. The second kappa shape index (κ2) is 11.0. The molecule has 2 aromatic heterocycles. The van der Waals surface area contributed by atoms with Gasteiger partial charge in [0.2, 0.25) is 0 Å². The lowest BCUT2D eigenvalue weighted by molar-refractivity contribution is 0.669. The summed E-state index contributed by atoms with van der Waals surface area (Å²) in [4.78, 5) is 2.25. The smallest absolute Gasteiger partial charge is 0.136 e. The van der Waals surface area contributed by atoms with E-state index in [9.17, 15) is 0 Å². The minimum absolute atomic E-state index is 0.871. The molecule has 3 heterocycles. The number of rotatable bonds is 3. The second-order valence-electron chi connectivity index (χ2n) is 12.0. The van der Waals surface area contributed by atoms with Crippen LogP contribution in [-0.4, -0.2) is 4.57 Å². The van der Waals surface area contributed by atoms with Crippen LogP contribution in [0, 0.1) is 0 Å². The number of hydrogen-bond acceptors (Lipinski definition) is 2. The van der Waals surface area contributed by atoms with Crippen molar-refractivity contribution in [3.8, 4) is 16.8 Å². The van der Waals surface area contributed by atoms with E-state index in [0.29, 0.717) is 0 Å². The Kier molecular flexibility index (Phi) is 6.51. The summed E-state index contributed by atoms with van der Waals surface area (Å²) < 4.78 is 9.55. The molecule has 0 bridgehead atoms. The summed E-state index contributed by atoms with van der Waals surface area (Å²) in [5.74, 6) is 0. The number of furan rings is 1. The molecular weight excluding hydrogens is 640 g/mol. The van der Waals surface area contributed by atoms with Crippen molar-refractivity contribution in [3.63, 3.8) is 0 Å². The number of aromatic nitrogens is 1. The van der Waals surface area contributed by atoms with Gasteiger partial charge in [-0.05, 0) is 102 Å². The van der Waals surface area contributed by atoms with E-state index in [1.54, 1.807) is 0 Å². The minimum Gasteiger partial charge on any atom is -0.456 e. The van der Waals surface area contributed by atoms with Crippen molar-refractivity contribution >= 4 is 71.0 Å². The zero-order valence-electron chi connectivity index (χ0n) is 25.5. The van der Waals surface area contributed by atoms with Crippen LogP contribution >= 0.6 is 15.9 Å². The van der Waals surface area contributed by atoms with Gasteiger partial charge in [-0.2, -0.15) is 0 Å². The molecule has 8 aromatic rings. The van der Waals surface area contributed by atoms with Crippen LogP contribution in [0.15, 0.2) is 173 Å². The van der Waals surface area contributed by atoms with Crippen LogP contribution in [-0.2, 0) is 6.42 Å². The Morgan fingerprint density at radius 3 is 2.26 bits per heavy atom. The summed E-state index contributed by atoms with van der Waals surface area (Å²) in [6.07, 6.45) is 9.30. The highest BCUT2D eigenvalue weighted by Crippen LogP contribution is 2.40. The van der Waals surface area contributed by atoms with Gasteiger partial charge in [0.05, 0.1) is 11.0 Å². The summed E-state index contributed by atoms with van der Waals surface area (Å²) in [5, 5.41) is 4.67. The fraction of sp³-hybridized carbons (Fsp3) is 0.0233. The quantitative estimate of drug-likeness (QED) is 0.187. The summed E-state index contributed by atoms with van der Waals surface area (Å²) in [6.45, 7) is 4.43. The van der Waals surface area contributed by atoms with E-state index in [1.165, 1.54) is 32.9 Å². The Balaban J connectivity index is 1.16. The third-order valence-corrected chi connectivity index (χ3v) is 9.87. The number of nitrogens with zero attached hydrogens (tertiary/aromatic N) is 2.